The van der Waals surface area contributed by atoms with Crippen molar-refractivity contribution in [1.29, 1.82) is 0 Å². The lowest BCUT2D eigenvalue weighted by Crippen LogP contribution is -2.40. The molecule has 1 amide bonds. The van der Waals surface area contributed by atoms with E-state index in [9.17, 15) is 4.79 Å². The number of hydrogen-bond acceptors (Lipinski definition) is 4. The van der Waals surface area contributed by atoms with Gasteiger partial charge in [-0.3, -0.25) is 4.79 Å². The molecule has 0 unspecified atom stereocenters. The van der Waals surface area contributed by atoms with E-state index in [2.05, 4.69) is 10.3 Å². The maximum absolute atomic E-state index is 11.9. The number of hydrogen-bond donors (Lipinski definition) is 2. The average molecular weight is 294 g/mol. The summed E-state index contributed by atoms with van der Waals surface area (Å²) in [5.74, 6) is 0.691. The van der Waals surface area contributed by atoms with Gasteiger partial charge in [0.15, 0.2) is 0 Å². The van der Waals surface area contributed by atoms with Crippen LogP contribution in [0, 0.1) is 6.92 Å². The first-order valence-corrected chi connectivity index (χ1v) is 7.07. The van der Waals surface area contributed by atoms with Gasteiger partial charge < -0.3 is 16.0 Å². The lowest BCUT2D eigenvalue weighted by atomic mass is 10.2. The topological polar surface area (TPSA) is 71.2 Å². The van der Waals surface area contributed by atoms with Gasteiger partial charge in [-0.05, 0) is 39.8 Å². The molecule has 0 bridgehead atoms. The van der Waals surface area contributed by atoms with Crippen LogP contribution in [0.25, 0.3) is 0 Å². The van der Waals surface area contributed by atoms with Gasteiger partial charge in [0.05, 0.1) is 6.54 Å². The van der Waals surface area contributed by atoms with Gasteiger partial charge in [0.25, 0.3) is 0 Å². The standard InChI is InChI=1S/C14H22N4OS/c1-5-18(8-13(19)16-9(2)3)12-7-11(14(15)20)6-10(4)17-12/h6-7,9H,5,8H2,1-4H3,(H2,15,20)(H,16,19). The molecule has 0 atom stereocenters. The van der Waals surface area contributed by atoms with E-state index in [1.165, 1.54) is 0 Å². The molecule has 0 spiro atoms. The van der Waals surface area contributed by atoms with Crippen LogP contribution in [0.5, 0.6) is 0 Å². The van der Waals surface area contributed by atoms with Gasteiger partial charge in [-0.15, -0.1) is 0 Å². The molecule has 0 saturated carbocycles. The zero-order valence-corrected chi connectivity index (χ0v) is 13.3. The molecule has 1 aromatic rings. The van der Waals surface area contributed by atoms with Crippen molar-refractivity contribution in [1.82, 2.24) is 10.3 Å². The summed E-state index contributed by atoms with van der Waals surface area (Å²) in [6.45, 7) is 8.68. The van der Waals surface area contributed by atoms with E-state index in [1.807, 2.05) is 44.7 Å². The number of pyridine rings is 1. The maximum Gasteiger partial charge on any atom is 0.239 e. The predicted octanol–water partition coefficient (Wildman–Crippen LogP) is 1.38. The highest BCUT2D eigenvalue weighted by atomic mass is 32.1. The van der Waals surface area contributed by atoms with E-state index in [-0.39, 0.29) is 18.5 Å². The van der Waals surface area contributed by atoms with Crippen molar-refractivity contribution in [2.24, 2.45) is 5.73 Å². The summed E-state index contributed by atoms with van der Waals surface area (Å²) < 4.78 is 0. The first-order chi connectivity index (χ1) is 9.33. The van der Waals surface area contributed by atoms with E-state index < -0.39 is 0 Å². The molecule has 3 N–H and O–H groups in total. The highest BCUT2D eigenvalue weighted by Crippen LogP contribution is 2.15. The van der Waals surface area contributed by atoms with Crippen LogP contribution in [0.2, 0.25) is 0 Å². The van der Waals surface area contributed by atoms with Crippen molar-refractivity contribution in [3.8, 4) is 0 Å². The first kappa shape index (κ1) is 16.4. The third-order valence-corrected chi connectivity index (χ3v) is 2.95. The molecule has 0 aliphatic heterocycles. The fraction of sp³-hybridized carbons (Fsp3) is 0.500. The number of carbonyl (C=O) groups is 1. The second kappa shape index (κ2) is 7.19. The summed E-state index contributed by atoms with van der Waals surface area (Å²) in [5.41, 5.74) is 7.26. The predicted molar refractivity (Wildman–Crippen MR) is 86.0 cm³/mol. The molecule has 0 aliphatic carbocycles. The molecule has 0 radical (unpaired) electrons. The Balaban J connectivity index is 2.94. The number of aromatic nitrogens is 1. The van der Waals surface area contributed by atoms with Gasteiger partial charge in [-0.2, -0.15) is 0 Å². The smallest absolute Gasteiger partial charge is 0.239 e. The van der Waals surface area contributed by atoms with Gasteiger partial charge >= 0.3 is 0 Å². The maximum atomic E-state index is 11.9. The summed E-state index contributed by atoms with van der Waals surface area (Å²) in [4.78, 5) is 18.5. The number of anilines is 1. The second-order valence-electron chi connectivity index (χ2n) is 4.96. The second-order valence-corrected chi connectivity index (χ2v) is 5.40. The van der Waals surface area contributed by atoms with Crippen LogP contribution < -0.4 is 16.0 Å². The Morgan fingerprint density at radius 3 is 2.65 bits per heavy atom. The molecule has 110 valence electrons. The largest absolute Gasteiger partial charge is 0.389 e. The van der Waals surface area contributed by atoms with Gasteiger partial charge in [0, 0.05) is 23.8 Å². The van der Waals surface area contributed by atoms with Crippen molar-refractivity contribution < 1.29 is 4.79 Å². The zero-order chi connectivity index (χ0) is 15.3. The molecular formula is C14H22N4OS. The third-order valence-electron chi connectivity index (χ3n) is 2.71. The quantitative estimate of drug-likeness (QED) is 0.776. The average Bonchev–Trinajstić information content (AvgIpc) is 2.34. The first-order valence-electron chi connectivity index (χ1n) is 6.66. The van der Waals surface area contributed by atoms with Crippen LogP contribution in [0.4, 0.5) is 5.82 Å². The van der Waals surface area contributed by atoms with E-state index in [0.717, 1.165) is 11.3 Å². The van der Waals surface area contributed by atoms with Crippen molar-refractivity contribution in [2.45, 2.75) is 33.7 Å². The molecule has 6 heteroatoms. The van der Waals surface area contributed by atoms with Crippen molar-refractivity contribution in [3.63, 3.8) is 0 Å². The highest BCUT2D eigenvalue weighted by molar-refractivity contribution is 7.80. The molecule has 5 nitrogen and oxygen atoms in total. The van der Waals surface area contributed by atoms with Crippen LogP contribution in [-0.4, -0.2) is 35.0 Å². The van der Waals surface area contributed by atoms with Gasteiger partial charge in [-0.25, -0.2) is 4.98 Å². The number of nitrogens with zero attached hydrogens (tertiary/aromatic N) is 2. The minimum absolute atomic E-state index is 0.0259. The SMILES string of the molecule is CCN(CC(=O)NC(C)C)c1cc(C(N)=S)cc(C)n1. The van der Waals surface area contributed by atoms with E-state index >= 15 is 0 Å². The molecule has 1 aromatic heterocycles. The van der Waals surface area contributed by atoms with Gasteiger partial charge in [0.2, 0.25) is 5.91 Å². The number of carbonyl (C=O) groups excluding carboxylic acids is 1. The molecule has 0 saturated heterocycles. The van der Waals surface area contributed by atoms with Gasteiger partial charge in [0.1, 0.15) is 10.8 Å². The molecule has 0 aromatic carbocycles. The van der Waals surface area contributed by atoms with Gasteiger partial charge in [-0.1, -0.05) is 12.2 Å². The summed E-state index contributed by atoms with van der Waals surface area (Å²) in [6, 6.07) is 3.79. The van der Waals surface area contributed by atoms with E-state index in [4.69, 9.17) is 18.0 Å². The van der Waals surface area contributed by atoms with Crippen LogP contribution in [-0.2, 0) is 4.79 Å². The fourth-order valence-corrected chi connectivity index (χ4v) is 1.97. The van der Waals surface area contributed by atoms with Crippen LogP contribution >= 0.6 is 12.2 Å². The van der Waals surface area contributed by atoms with Crippen LogP contribution in [0.3, 0.4) is 0 Å². The van der Waals surface area contributed by atoms with Crippen molar-refractivity contribution in [3.05, 3.63) is 23.4 Å². The Bertz CT molecular complexity index is 502. The molecule has 20 heavy (non-hydrogen) atoms. The Morgan fingerprint density at radius 1 is 1.50 bits per heavy atom. The lowest BCUT2D eigenvalue weighted by molar-refractivity contribution is -0.120. The van der Waals surface area contributed by atoms with Crippen LogP contribution in [0.1, 0.15) is 32.0 Å². The molecule has 1 heterocycles. The summed E-state index contributed by atoms with van der Waals surface area (Å²) in [6.07, 6.45) is 0. The number of aryl methyl sites for hydroxylation is 1. The molecule has 0 fully saturated rings. The number of rotatable bonds is 6. The lowest BCUT2D eigenvalue weighted by Gasteiger charge is -2.23. The van der Waals surface area contributed by atoms with E-state index in [0.29, 0.717) is 17.4 Å². The number of thiocarbonyl (C=S) groups is 1. The zero-order valence-electron chi connectivity index (χ0n) is 12.4. The van der Waals surface area contributed by atoms with Crippen molar-refractivity contribution >= 4 is 28.9 Å². The Hall–Kier alpha value is -1.69. The number of amides is 1. The van der Waals surface area contributed by atoms with Crippen molar-refractivity contribution in [2.75, 3.05) is 18.0 Å². The summed E-state index contributed by atoms with van der Waals surface area (Å²) in [5, 5.41) is 2.87. The minimum atomic E-state index is -0.0259. The fourth-order valence-electron chi connectivity index (χ4n) is 1.85. The number of likely N-dealkylation sites (N-methyl/N-ethyl adjacent to an activating group) is 1. The number of nitrogens with two attached hydrogens (primary N) is 1. The molecular weight excluding hydrogens is 272 g/mol. The van der Waals surface area contributed by atoms with Crippen LogP contribution in [0.15, 0.2) is 12.1 Å². The summed E-state index contributed by atoms with van der Waals surface area (Å²) >= 11 is 5.00. The summed E-state index contributed by atoms with van der Waals surface area (Å²) in [7, 11) is 0. The molecule has 1 rings (SSSR count). The number of nitrogens with one attached hydrogen (secondary N) is 1. The Labute approximate surface area is 125 Å². The minimum Gasteiger partial charge on any atom is -0.389 e. The third kappa shape index (κ3) is 4.77. The normalized spacial score (nSPS) is 10.4. The molecule has 0 aliphatic rings. The highest BCUT2D eigenvalue weighted by Gasteiger charge is 2.13. The monoisotopic (exact) mass is 294 g/mol. The van der Waals surface area contributed by atoms with E-state index in [1.54, 1.807) is 0 Å². The Kier molecular flexibility index (Phi) is 5.88. The Morgan fingerprint density at radius 2 is 2.15 bits per heavy atom.